The molecule has 0 aliphatic rings. The van der Waals surface area contributed by atoms with Crippen LogP contribution in [0.2, 0.25) is 15.1 Å². The Kier molecular flexibility index (Phi) is 5.51. The minimum absolute atomic E-state index is 0.180. The van der Waals surface area contributed by atoms with Crippen molar-refractivity contribution in [3.8, 4) is 11.4 Å². The molecular weight excluding hydrogens is 397 g/mol. The maximum atomic E-state index is 12.6. The Morgan fingerprint density at radius 2 is 1.88 bits per heavy atom. The lowest BCUT2D eigenvalue weighted by molar-refractivity contribution is 0.0813. The Bertz CT molecular complexity index is 972. The van der Waals surface area contributed by atoms with Crippen LogP contribution in [0.15, 0.2) is 42.6 Å². The molecule has 0 saturated carbocycles. The maximum absolute atomic E-state index is 12.6. The van der Waals surface area contributed by atoms with E-state index in [9.17, 15) is 4.79 Å². The number of ketones is 1. The number of Topliss-reactive ketones (excluding diaryl/α,β-unsaturated/α-hetero) is 1. The van der Waals surface area contributed by atoms with E-state index in [4.69, 9.17) is 39.5 Å². The van der Waals surface area contributed by atoms with Gasteiger partial charge in [0.1, 0.15) is 5.75 Å². The van der Waals surface area contributed by atoms with E-state index in [1.54, 1.807) is 31.2 Å². The molecule has 1 aromatic heterocycles. The van der Waals surface area contributed by atoms with Gasteiger partial charge in [0.2, 0.25) is 5.78 Å². The molecule has 0 unspecified atom stereocenters. The van der Waals surface area contributed by atoms with Crippen LogP contribution in [0.25, 0.3) is 5.69 Å². The van der Waals surface area contributed by atoms with Crippen LogP contribution in [0.4, 0.5) is 0 Å². The molecule has 0 N–H and O–H groups in total. The monoisotopic (exact) mass is 409 g/mol. The first-order chi connectivity index (χ1) is 12.3. The highest BCUT2D eigenvalue weighted by atomic mass is 35.5. The summed E-state index contributed by atoms with van der Waals surface area (Å²) in [5, 5.41) is 9.34. The number of nitrogens with zero attached hydrogens (tertiary/aromatic N) is 3. The molecule has 1 heterocycles. The third-order valence-corrected chi connectivity index (χ3v) is 4.67. The number of aryl methyl sites for hydroxylation is 1. The zero-order chi connectivity index (χ0) is 18.8. The number of hydrogen-bond acceptors (Lipinski definition) is 4. The molecule has 0 aliphatic heterocycles. The van der Waals surface area contributed by atoms with Crippen molar-refractivity contribution in [2.45, 2.75) is 20.0 Å². The summed E-state index contributed by atoms with van der Waals surface area (Å²) in [6.45, 7) is 3.53. The van der Waals surface area contributed by atoms with Crippen molar-refractivity contribution in [1.82, 2.24) is 15.0 Å². The summed E-state index contributed by atoms with van der Waals surface area (Å²) < 4.78 is 7.11. The van der Waals surface area contributed by atoms with Gasteiger partial charge in [-0.3, -0.25) is 4.79 Å². The van der Waals surface area contributed by atoms with Crippen LogP contribution in [0, 0.1) is 6.92 Å². The van der Waals surface area contributed by atoms with Crippen molar-refractivity contribution in [3.63, 3.8) is 0 Å². The first-order valence-corrected chi connectivity index (χ1v) is 8.83. The van der Waals surface area contributed by atoms with Gasteiger partial charge < -0.3 is 4.74 Å². The molecule has 8 heteroatoms. The SMILES string of the molecule is Cc1ccc(-n2cc(C(=O)[C@@H](C)Oc3ccc(Cl)cc3Cl)nn2)cc1Cl. The summed E-state index contributed by atoms with van der Waals surface area (Å²) in [5.74, 6) is 0.0510. The van der Waals surface area contributed by atoms with Gasteiger partial charge in [-0.25, -0.2) is 4.68 Å². The van der Waals surface area contributed by atoms with E-state index in [1.807, 2.05) is 19.1 Å². The molecule has 0 amide bonds. The van der Waals surface area contributed by atoms with Gasteiger partial charge in [0.05, 0.1) is 16.9 Å². The van der Waals surface area contributed by atoms with Gasteiger partial charge in [-0.05, 0) is 49.7 Å². The second-order valence-corrected chi connectivity index (χ2v) is 6.93. The minimum Gasteiger partial charge on any atom is -0.481 e. The van der Waals surface area contributed by atoms with E-state index in [0.29, 0.717) is 26.5 Å². The lowest BCUT2D eigenvalue weighted by Crippen LogP contribution is -2.24. The fraction of sp³-hybridized carbons (Fsp3) is 0.167. The Hall–Kier alpha value is -2.08. The molecule has 26 heavy (non-hydrogen) atoms. The number of carbonyl (C=O) groups excluding carboxylic acids is 1. The Balaban J connectivity index is 1.77. The minimum atomic E-state index is -0.791. The average Bonchev–Trinajstić information content (AvgIpc) is 3.09. The Morgan fingerprint density at radius 1 is 1.12 bits per heavy atom. The topological polar surface area (TPSA) is 57.0 Å². The molecular formula is C18H14Cl3N3O2. The largest absolute Gasteiger partial charge is 0.481 e. The average molecular weight is 411 g/mol. The predicted molar refractivity (Wildman–Crippen MR) is 102 cm³/mol. The van der Waals surface area contributed by atoms with Crippen LogP contribution < -0.4 is 4.74 Å². The molecule has 5 nitrogen and oxygen atoms in total. The number of hydrogen-bond donors (Lipinski definition) is 0. The Morgan fingerprint density at radius 3 is 2.58 bits per heavy atom. The number of carbonyl (C=O) groups is 1. The normalized spacial score (nSPS) is 12.0. The summed E-state index contributed by atoms with van der Waals surface area (Å²) in [4.78, 5) is 12.6. The van der Waals surface area contributed by atoms with Gasteiger partial charge in [0, 0.05) is 10.0 Å². The second kappa shape index (κ2) is 7.66. The van der Waals surface area contributed by atoms with Crippen LogP contribution in [0.3, 0.4) is 0 Å². The molecule has 0 radical (unpaired) electrons. The van der Waals surface area contributed by atoms with Crippen molar-refractivity contribution in [1.29, 1.82) is 0 Å². The Labute approximate surface area is 165 Å². The first-order valence-electron chi connectivity index (χ1n) is 7.70. The molecule has 0 spiro atoms. The number of benzene rings is 2. The highest BCUT2D eigenvalue weighted by Crippen LogP contribution is 2.28. The van der Waals surface area contributed by atoms with Gasteiger partial charge in [-0.15, -0.1) is 5.10 Å². The summed E-state index contributed by atoms with van der Waals surface area (Å²) in [7, 11) is 0. The highest BCUT2D eigenvalue weighted by molar-refractivity contribution is 6.35. The van der Waals surface area contributed by atoms with Crippen molar-refractivity contribution in [2.75, 3.05) is 0 Å². The lowest BCUT2D eigenvalue weighted by Gasteiger charge is -2.13. The molecule has 1 atom stereocenters. The molecule has 2 aromatic carbocycles. The second-order valence-electron chi connectivity index (χ2n) is 5.68. The summed E-state index contributed by atoms with van der Waals surface area (Å²) in [6.07, 6.45) is 0.743. The van der Waals surface area contributed by atoms with E-state index in [-0.39, 0.29) is 11.5 Å². The number of halogens is 3. The molecule has 134 valence electrons. The third kappa shape index (κ3) is 4.01. The van der Waals surface area contributed by atoms with Crippen LogP contribution in [-0.2, 0) is 0 Å². The van der Waals surface area contributed by atoms with E-state index in [0.717, 1.165) is 5.56 Å². The zero-order valence-corrected chi connectivity index (χ0v) is 16.2. The van der Waals surface area contributed by atoms with Gasteiger partial charge >= 0.3 is 0 Å². The zero-order valence-electron chi connectivity index (χ0n) is 13.9. The van der Waals surface area contributed by atoms with Crippen LogP contribution in [-0.4, -0.2) is 26.9 Å². The quantitative estimate of drug-likeness (QED) is 0.543. The molecule has 0 fully saturated rings. The van der Waals surface area contributed by atoms with Crippen LogP contribution in [0.5, 0.6) is 5.75 Å². The van der Waals surface area contributed by atoms with Crippen molar-refractivity contribution in [2.24, 2.45) is 0 Å². The van der Waals surface area contributed by atoms with Crippen LogP contribution >= 0.6 is 34.8 Å². The number of ether oxygens (including phenoxy) is 1. The molecule has 3 aromatic rings. The number of aromatic nitrogens is 3. The van der Waals surface area contributed by atoms with Gasteiger partial charge in [-0.2, -0.15) is 0 Å². The summed E-state index contributed by atoms with van der Waals surface area (Å²) in [5.41, 5.74) is 1.84. The molecule has 3 rings (SSSR count). The van der Waals surface area contributed by atoms with Crippen molar-refractivity contribution < 1.29 is 9.53 Å². The van der Waals surface area contributed by atoms with Crippen molar-refractivity contribution >= 4 is 40.6 Å². The molecule has 0 saturated heterocycles. The van der Waals surface area contributed by atoms with Gasteiger partial charge in [-0.1, -0.05) is 46.1 Å². The van der Waals surface area contributed by atoms with Gasteiger partial charge in [0.15, 0.2) is 11.8 Å². The summed E-state index contributed by atoms with van der Waals surface area (Å²) in [6, 6.07) is 10.3. The highest BCUT2D eigenvalue weighted by Gasteiger charge is 2.21. The van der Waals surface area contributed by atoms with Crippen molar-refractivity contribution in [3.05, 3.63) is 68.9 Å². The van der Waals surface area contributed by atoms with E-state index in [1.165, 1.54) is 10.9 Å². The first kappa shape index (κ1) is 18.7. The maximum Gasteiger partial charge on any atom is 0.224 e. The molecule has 0 bridgehead atoms. The smallest absolute Gasteiger partial charge is 0.224 e. The fourth-order valence-electron chi connectivity index (χ4n) is 2.25. The van der Waals surface area contributed by atoms with E-state index in [2.05, 4.69) is 10.3 Å². The fourth-order valence-corrected chi connectivity index (χ4v) is 2.88. The predicted octanol–water partition coefficient (Wildman–Crippen LogP) is 5.19. The van der Waals surface area contributed by atoms with E-state index < -0.39 is 6.10 Å². The standard InChI is InChI=1S/C18H14Cl3N3O2/c1-10-3-5-13(8-14(10)20)24-9-16(22-23-24)18(25)11(2)26-17-6-4-12(19)7-15(17)21/h3-9,11H,1-2H3/t11-/m1/s1. The summed E-state index contributed by atoms with van der Waals surface area (Å²) >= 11 is 18.1. The number of rotatable bonds is 5. The van der Waals surface area contributed by atoms with E-state index >= 15 is 0 Å². The molecule has 0 aliphatic carbocycles. The van der Waals surface area contributed by atoms with Crippen LogP contribution in [0.1, 0.15) is 23.0 Å². The van der Waals surface area contributed by atoms with Gasteiger partial charge in [0.25, 0.3) is 0 Å². The lowest BCUT2D eigenvalue weighted by atomic mass is 10.2. The third-order valence-electron chi connectivity index (χ3n) is 3.73.